The second kappa shape index (κ2) is 11.0. The van der Waals surface area contributed by atoms with Gasteiger partial charge in [0.2, 0.25) is 0 Å². The fraction of sp³-hybridized carbons (Fsp3) is 0.950. The highest BCUT2D eigenvalue weighted by Gasteiger charge is 2.33. The molecule has 2 aliphatic rings. The summed E-state index contributed by atoms with van der Waals surface area (Å²) in [5.74, 6) is 1.75. The van der Waals surface area contributed by atoms with Gasteiger partial charge in [0, 0.05) is 39.9 Å². The average molecular weight is 353 g/mol. The predicted molar refractivity (Wildman–Crippen MR) is 106 cm³/mol. The van der Waals surface area contributed by atoms with Gasteiger partial charge in [-0.3, -0.25) is 4.99 Å². The Morgan fingerprint density at radius 2 is 2.04 bits per heavy atom. The van der Waals surface area contributed by atoms with E-state index < -0.39 is 0 Å². The van der Waals surface area contributed by atoms with Crippen molar-refractivity contribution in [1.29, 1.82) is 0 Å². The third kappa shape index (κ3) is 6.78. The maximum Gasteiger partial charge on any atom is 0.191 e. The fourth-order valence-corrected chi connectivity index (χ4v) is 4.36. The average Bonchev–Trinajstić information content (AvgIpc) is 3.26. The topological polar surface area (TPSA) is 48.9 Å². The smallest absolute Gasteiger partial charge is 0.191 e. The first-order valence-corrected chi connectivity index (χ1v) is 10.4. The molecule has 2 N–H and O–H groups in total. The van der Waals surface area contributed by atoms with E-state index in [-0.39, 0.29) is 0 Å². The number of nitrogens with zero attached hydrogens (tertiary/aromatic N) is 2. The molecule has 0 aromatic rings. The van der Waals surface area contributed by atoms with E-state index in [1.807, 2.05) is 0 Å². The molecule has 1 saturated carbocycles. The molecule has 2 rings (SSSR count). The number of likely N-dealkylation sites (tertiary alicyclic amines) is 1. The van der Waals surface area contributed by atoms with Crippen LogP contribution in [0.2, 0.25) is 0 Å². The molecule has 2 fully saturated rings. The van der Waals surface area contributed by atoms with Gasteiger partial charge in [0.05, 0.1) is 0 Å². The molecule has 5 heteroatoms. The molecule has 1 saturated heterocycles. The third-order valence-corrected chi connectivity index (χ3v) is 5.89. The minimum atomic E-state index is 0.365. The van der Waals surface area contributed by atoms with Crippen molar-refractivity contribution in [2.45, 2.75) is 58.8 Å². The minimum absolute atomic E-state index is 0.365. The Morgan fingerprint density at radius 3 is 2.72 bits per heavy atom. The zero-order valence-electron chi connectivity index (χ0n) is 16.8. The molecular formula is C20H40N4O. The SMILES string of the molecule is CCCN1CCC(CNC(=NCC2(CCOC)CCCC2)NCC)C1. The Labute approximate surface area is 155 Å². The van der Waals surface area contributed by atoms with E-state index in [4.69, 9.17) is 9.73 Å². The summed E-state index contributed by atoms with van der Waals surface area (Å²) >= 11 is 0. The highest BCUT2D eigenvalue weighted by atomic mass is 16.5. The number of nitrogens with one attached hydrogen (secondary N) is 2. The molecule has 0 radical (unpaired) electrons. The maximum absolute atomic E-state index is 5.34. The van der Waals surface area contributed by atoms with Crippen molar-refractivity contribution in [3.8, 4) is 0 Å². The van der Waals surface area contributed by atoms with E-state index in [1.54, 1.807) is 7.11 Å². The standard InChI is InChI=1S/C20H40N4O/c1-4-12-24-13-8-18(16-24)15-22-19(21-5-2)23-17-20(11-14-25-3)9-6-7-10-20/h18H,4-17H2,1-3H3,(H2,21,22,23). The lowest BCUT2D eigenvalue weighted by Gasteiger charge is -2.27. The molecule has 0 spiro atoms. The van der Waals surface area contributed by atoms with Gasteiger partial charge in [-0.2, -0.15) is 0 Å². The van der Waals surface area contributed by atoms with Crippen LogP contribution < -0.4 is 10.6 Å². The van der Waals surface area contributed by atoms with Gasteiger partial charge in [-0.1, -0.05) is 19.8 Å². The number of aliphatic imine (C=N–C) groups is 1. The Kier molecular flexibility index (Phi) is 9.04. The molecule has 0 amide bonds. The highest BCUT2D eigenvalue weighted by molar-refractivity contribution is 5.79. The van der Waals surface area contributed by atoms with Gasteiger partial charge in [-0.15, -0.1) is 0 Å². The van der Waals surface area contributed by atoms with Crippen LogP contribution in [0, 0.1) is 11.3 Å². The summed E-state index contributed by atoms with van der Waals surface area (Å²) in [4.78, 5) is 7.55. The number of rotatable bonds is 10. The second-order valence-corrected chi connectivity index (χ2v) is 7.98. The molecule has 5 nitrogen and oxygen atoms in total. The summed E-state index contributed by atoms with van der Waals surface area (Å²) in [6.07, 6.45) is 9.00. The van der Waals surface area contributed by atoms with E-state index >= 15 is 0 Å². The Bertz CT molecular complexity index is 393. The summed E-state index contributed by atoms with van der Waals surface area (Å²) < 4.78 is 5.34. The van der Waals surface area contributed by atoms with Crippen LogP contribution in [-0.4, -0.2) is 63.8 Å². The molecule has 0 bridgehead atoms. The fourth-order valence-electron chi connectivity index (χ4n) is 4.36. The molecule has 146 valence electrons. The Balaban J connectivity index is 1.83. The number of guanidine groups is 1. The summed E-state index contributed by atoms with van der Waals surface area (Å²) in [7, 11) is 1.81. The van der Waals surface area contributed by atoms with Gasteiger partial charge >= 0.3 is 0 Å². The first-order valence-electron chi connectivity index (χ1n) is 10.4. The van der Waals surface area contributed by atoms with Gasteiger partial charge in [-0.25, -0.2) is 0 Å². The van der Waals surface area contributed by atoms with Crippen molar-refractivity contribution in [3.63, 3.8) is 0 Å². The molecule has 1 atom stereocenters. The van der Waals surface area contributed by atoms with E-state index in [9.17, 15) is 0 Å². The molecule has 1 aliphatic carbocycles. The van der Waals surface area contributed by atoms with Crippen LogP contribution in [0.4, 0.5) is 0 Å². The summed E-state index contributed by atoms with van der Waals surface area (Å²) in [5, 5.41) is 7.04. The first-order chi connectivity index (χ1) is 12.2. The molecule has 1 aliphatic heterocycles. The minimum Gasteiger partial charge on any atom is -0.385 e. The summed E-state index contributed by atoms with van der Waals surface area (Å²) in [6.45, 7) is 11.9. The third-order valence-electron chi connectivity index (χ3n) is 5.89. The lowest BCUT2D eigenvalue weighted by Crippen LogP contribution is -2.41. The van der Waals surface area contributed by atoms with E-state index in [2.05, 4.69) is 29.4 Å². The quantitative estimate of drug-likeness (QED) is 0.469. The van der Waals surface area contributed by atoms with Crippen molar-refractivity contribution >= 4 is 5.96 Å². The lowest BCUT2D eigenvalue weighted by molar-refractivity contribution is 0.141. The molecule has 25 heavy (non-hydrogen) atoms. The van der Waals surface area contributed by atoms with Crippen LogP contribution in [0.3, 0.4) is 0 Å². The number of hydrogen-bond acceptors (Lipinski definition) is 3. The van der Waals surface area contributed by atoms with E-state index in [1.165, 1.54) is 58.2 Å². The van der Waals surface area contributed by atoms with Gasteiger partial charge in [-0.05, 0) is 63.5 Å². The maximum atomic E-state index is 5.34. The van der Waals surface area contributed by atoms with Crippen molar-refractivity contribution in [3.05, 3.63) is 0 Å². The van der Waals surface area contributed by atoms with Crippen LogP contribution in [0.1, 0.15) is 58.8 Å². The molecule has 0 aromatic heterocycles. The van der Waals surface area contributed by atoms with Gasteiger partial charge in [0.25, 0.3) is 0 Å². The normalized spacial score (nSPS) is 24.0. The predicted octanol–water partition coefficient (Wildman–Crippen LogP) is 2.87. The van der Waals surface area contributed by atoms with Crippen LogP contribution in [0.15, 0.2) is 4.99 Å². The van der Waals surface area contributed by atoms with Gasteiger partial charge in [0.1, 0.15) is 0 Å². The van der Waals surface area contributed by atoms with Crippen LogP contribution in [-0.2, 0) is 4.74 Å². The lowest BCUT2D eigenvalue weighted by atomic mass is 9.83. The zero-order chi connectivity index (χ0) is 18.0. The Hall–Kier alpha value is -0.810. The van der Waals surface area contributed by atoms with Gasteiger partial charge in [0.15, 0.2) is 5.96 Å². The van der Waals surface area contributed by atoms with E-state index in [0.717, 1.165) is 44.5 Å². The van der Waals surface area contributed by atoms with Crippen molar-refractivity contribution in [2.75, 3.05) is 53.0 Å². The number of methoxy groups -OCH3 is 1. The number of ether oxygens (including phenoxy) is 1. The number of hydrogen-bond donors (Lipinski definition) is 2. The molecule has 0 aromatic carbocycles. The molecule has 1 heterocycles. The Morgan fingerprint density at radius 1 is 1.24 bits per heavy atom. The van der Waals surface area contributed by atoms with E-state index in [0.29, 0.717) is 5.41 Å². The van der Waals surface area contributed by atoms with Crippen LogP contribution in [0.5, 0.6) is 0 Å². The zero-order valence-corrected chi connectivity index (χ0v) is 16.8. The van der Waals surface area contributed by atoms with Crippen molar-refractivity contribution in [2.24, 2.45) is 16.3 Å². The van der Waals surface area contributed by atoms with Crippen molar-refractivity contribution in [1.82, 2.24) is 15.5 Å². The largest absolute Gasteiger partial charge is 0.385 e. The summed E-state index contributed by atoms with van der Waals surface area (Å²) in [5.41, 5.74) is 0.365. The van der Waals surface area contributed by atoms with Gasteiger partial charge < -0.3 is 20.3 Å². The highest BCUT2D eigenvalue weighted by Crippen LogP contribution is 2.41. The van der Waals surface area contributed by atoms with Crippen LogP contribution in [0.25, 0.3) is 0 Å². The second-order valence-electron chi connectivity index (χ2n) is 7.98. The first kappa shape index (κ1) is 20.5. The summed E-state index contributed by atoms with van der Waals surface area (Å²) in [6, 6.07) is 0. The molecule has 1 unspecified atom stereocenters. The van der Waals surface area contributed by atoms with Crippen LogP contribution >= 0.6 is 0 Å². The molecular weight excluding hydrogens is 312 g/mol. The van der Waals surface area contributed by atoms with Crippen molar-refractivity contribution < 1.29 is 4.74 Å². The monoisotopic (exact) mass is 352 g/mol.